The monoisotopic (exact) mass is 2100 g/mol. The zero-order valence-electron chi connectivity index (χ0n) is 107. The highest BCUT2D eigenvalue weighted by Gasteiger charge is 2.71. The maximum atomic E-state index is 3.56. The smallest absolute Gasteiger partial charge is 0.110 e. The molecule has 0 N–H and O–H groups in total. The molecule has 1 aliphatic rings. The summed E-state index contributed by atoms with van der Waals surface area (Å²) in [4.78, 5) is 0. The molecule has 0 amide bonds. The minimum Gasteiger partial charge on any atom is -0.292 e. The van der Waals surface area contributed by atoms with E-state index >= 15 is 0 Å². The van der Waals surface area contributed by atoms with E-state index in [-0.39, 0.29) is 11.0 Å². The summed E-state index contributed by atoms with van der Waals surface area (Å²) in [5.74, 6) is 0. The second kappa shape index (κ2) is 123. The SMILES string of the molecule is CCCCCCCCCCCCCCCCC1=C[N+](CCCCCCCCCCCCCCCC)(CCCCCCCCCCCCCCCC)C(CCCCCCCCCCCCCCCC)(CCCCCCCCCCCCCCCC)C(CCCCCCCCCCCCCCCC)(CCCCCCCCCCCCCCCC)C1(CCCCCCCCCCCCCCCC)CCCCCCCCCCCCCCCC. The molecule has 1 aliphatic heterocycles. The normalized spacial score (nSPS) is 13.9. The number of allylic oxidation sites excluding steroid dienone is 1. The summed E-state index contributed by atoms with van der Waals surface area (Å²) in [5.41, 5.74) is 3.05. The van der Waals surface area contributed by atoms with Gasteiger partial charge in [-0.25, -0.2) is 0 Å². The number of rotatable bonds is 135. The van der Waals surface area contributed by atoms with Crippen LogP contribution in [0.5, 0.6) is 0 Å². The molecular weight excluding hydrogens is 1800 g/mol. The van der Waals surface area contributed by atoms with Crippen LogP contribution in [0.2, 0.25) is 0 Å². The minimum atomic E-state index is 0.270. The van der Waals surface area contributed by atoms with Crippen LogP contribution >= 0.6 is 0 Å². The highest BCUT2D eigenvalue weighted by Crippen LogP contribution is 2.71. The van der Waals surface area contributed by atoms with E-state index < -0.39 is 0 Å². The lowest BCUT2D eigenvalue weighted by molar-refractivity contribution is -0.948. The summed E-state index contributed by atoms with van der Waals surface area (Å²) in [7, 11) is 0. The first-order valence-corrected chi connectivity index (χ1v) is 74.0. The van der Waals surface area contributed by atoms with E-state index in [1.807, 2.05) is 0 Å². The molecule has 898 valence electrons. The van der Waals surface area contributed by atoms with Crippen molar-refractivity contribution in [3.63, 3.8) is 0 Å². The van der Waals surface area contributed by atoms with Crippen LogP contribution in [0.15, 0.2) is 11.8 Å². The fourth-order valence-corrected chi connectivity index (χ4v) is 29.1. The van der Waals surface area contributed by atoms with Gasteiger partial charge in [0, 0.05) is 23.7 Å². The number of unbranched alkanes of at least 4 members (excludes halogenated alkanes) is 117. The molecule has 0 radical (unpaired) electrons. The molecule has 0 aromatic carbocycles. The van der Waals surface area contributed by atoms with Crippen LogP contribution in [-0.4, -0.2) is 23.1 Å². The Morgan fingerprint density at radius 1 is 0.120 bits per heavy atom. The highest BCUT2D eigenvalue weighted by atomic mass is 15.4. The summed E-state index contributed by atoms with van der Waals surface area (Å²) in [6, 6.07) is 0. The van der Waals surface area contributed by atoms with Gasteiger partial charge in [-0.1, -0.05) is 826 Å². The molecule has 0 aliphatic carbocycles. The maximum absolute atomic E-state index is 3.56. The van der Waals surface area contributed by atoms with Crippen LogP contribution in [0.4, 0.5) is 0 Å². The van der Waals surface area contributed by atoms with Crippen LogP contribution in [-0.2, 0) is 0 Å². The Morgan fingerprint density at radius 2 is 0.233 bits per heavy atom. The largest absolute Gasteiger partial charge is 0.292 e. The van der Waals surface area contributed by atoms with E-state index in [9.17, 15) is 0 Å². The summed E-state index contributed by atoms with van der Waals surface area (Å²) < 4.78 is 1.45. The molecule has 1 heterocycles. The maximum Gasteiger partial charge on any atom is 0.110 e. The van der Waals surface area contributed by atoms with Gasteiger partial charge in [-0.05, 0) is 82.6 Å². The molecule has 0 saturated carbocycles. The average molecular weight is 2100 g/mol. The number of hydrogen-bond donors (Lipinski definition) is 0. The van der Waals surface area contributed by atoms with Gasteiger partial charge in [-0.2, -0.15) is 0 Å². The molecule has 0 unspecified atom stereocenters. The van der Waals surface area contributed by atoms with Gasteiger partial charge >= 0.3 is 0 Å². The van der Waals surface area contributed by atoms with Gasteiger partial charge in [0.25, 0.3) is 0 Å². The summed E-state index contributed by atoms with van der Waals surface area (Å²) in [5, 5.41) is 0. The highest BCUT2D eigenvalue weighted by molar-refractivity contribution is 5.28. The second-order valence-electron chi connectivity index (χ2n) is 52.9. The van der Waals surface area contributed by atoms with E-state index in [1.54, 1.807) is 38.5 Å². The number of nitrogens with zero attached hydrogens (tertiary/aromatic N) is 1. The van der Waals surface area contributed by atoms with Crippen molar-refractivity contribution in [2.75, 3.05) is 13.1 Å². The van der Waals surface area contributed by atoms with Crippen molar-refractivity contribution < 1.29 is 4.48 Å². The van der Waals surface area contributed by atoms with E-state index in [2.05, 4.69) is 74.1 Å². The van der Waals surface area contributed by atoms with Gasteiger partial charge in [0.05, 0.1) is 19.3 Å². The average Bonchev–Trinajstić information content (AvgIpc) is 0.669. The third-order valence-electron chi connectivity index (χ3n) is 39.0. The van der Waals surface area contributed by atoms with Gasteiger partial charge in [0.1, 0.15) is 5.54 Å². The van der Waals surface area contributed by atoms with Crippen molar-refractivity contribution in [3.8, 4) is 0 Å². The van der Waals surface area contributed by atoms with Gasteiger partial charge in [0.2, 0.25) is 0 Å². The molecule has 1 heteroatoms. The molecule has 0 fully saturated rings. The van der Waals surface area contributed by atoms with E-state index in [0.717, 1.165) is 0 Å². The lowest BCUT2D eigenvalue weighted by atomic mass is 9.41. The molecule has 150 heavy (non-hydrogen) atoms. The fourth-order valence-electron chi connectivity index (χ4n) is 29.1. The lowest BCUT2D eigenvalue weighted by Crippen LogP contribution is -2.76. The quantitative estimate of drug-likeness (QED) is 0.0421. The Morgan fingerprint density at radius 3 is 0.380 bits per heavy atom. The Balaban J connectivity index is 5.06. The van der Waals surface area contributed by atoms with E-state index in [4.69, 9.17) is 0 Å². The molecule has 0 atom stereocenters. The van der Waals surface area contributed by atoms with Crippen molar-refractivity contribution >= 4 is 0 Å². The van der Waals surface area contributed by atoms with Gasteiger partial charge in [0.15, 0.2) is 0 Å². The summed E-state index contributed by atoms with van der Waals surface area (Å²) in [6.07, 6.45) is 200. The topological polar surface area (TPSA) is 0 Å². The number of hydrogen-bond acceptors (Lipinski definition) is 0. The number of quaternary nitrogens is 1. The van der Waals surface area contributed by atoms with Crippen LogP contribution < -0.4 is 0 Å². The first-order chi connectivity index (χ1) is 74.4. The zero-order chi connectivity index (χ0) is 108. The third kappa shape index (κ3) is 88.3. The van der Waals surface area contributed by atoms with Crippen LogP contribution in [0, 0.1) is 10.8 Å². The zero-order valence-corrected chi connectivity index (χ0v) is 107. The van der Waals surface area contributed by atoms with Crippen LogP contribution in [0.25, 0.3) is 0 Å². The summed E-state index contributed by atoms with van der Waals surface area (Å²) >= 11 is 0. The predicted octanol–water partition coefficient (Wildman–Crippen LogP) is 56.5. The molecule has 1 nitrogen and oxygen atoms in total. The van der Waals surface area contributed by atoms with Crippen molar-refractivity contribution in [2.24, 2.45) is 10.8 Å². The Labute approximate surface area is 955 Å². The first kappa shape index (κ1) is 148. The molecule has 0 aromatic heterocycles. The van der Waals surface area contributed by atoms with Crippen molar-refractivity contribution in [1.82, 2.24) is 0 Å². The molecule has 0 bridgehead atoms. The molecular formula is C149H298N+. The standard InChI is InChI=1S/C149H298N/c1-10-19-28-37-46-55-64-73-82-91-100-109-118-127-136-146-145-150(143-134-125-116-107-98-89-80-71-62-53-44-35-26-17-8,144-135-126-117-108-99-90-81-72-63-54-45-36-27-18-9)149(141-132-123-114-105-96-87-78-69-60-51-42-33-24-15-6,142-133-124-115-106-97-88-79-70-61-52-43-34-25-16-7)148(139-130-121-112-103-94-85-76-67-58-49-40-31-22-13-4,140-131-122-113-104-95-86-77-68-59-50-41-32-23-14-5)147(146,137-128-119-110-101-92-83-74-65-56-47-38-29-20-11-2)138-129-120-111-102-93-84-75-66-57-48-39-30-21-12-3/h145H,10-144H2,1-9H3/q+1. The molecule has 0 aromatic rings. The second-order valence-corrected chi connectivity index (χ2v) is 52.9. The van der Waals surface area contributed by atoms with Crippen molar-refractivity contribution in [3.05, 3.63) is 11.8 Å². The van der Waals surface area contributed by atoms with Gasteiger partial charge < -0.3 is 0 Å². The van der Waals surface area contributed by atoms with E-state index in [1.165, 1.54) is 833 Å². The summed E-state index contributed by atoms with van der Waals surface area (Å²) in [6.45, 7) is 24.5. The minimum absolute atomic E-state index is 0.270. The van der Waals surface area contributed by atoms with E-state index in [0.29, 0.717) is 5.41 Å². The lowest BCUT2D eigenvalue weighted by Gasteiger charge is -2.71. The molecule has 1 rings (SSSR count). The van der Waals surface area contributed by atoms with Crippen molar-refractivity contribution in [1.29, 1.82) is 0 Å². The Hall–Kier alpha value is -0.300. The van der Waals surface area contributed by atoms with Gasteiger partial charge in [-0.3, -0.25) is 4.48 Å². The third-order valence-corrected chi connectivity index (χ3v) is 39.0. The predicted molar refractivity (Wildman–Crippen MR) is 691 cm³/mol. The fraction of sp³-hybridized carbons (Fsp3) is 0.987. The van der Waals surface area contributed by atoms with Gasteiger partial charge in [-0.15, -0.1) is 0 Å². The van der Waals surface area contributed by atoms with Crippen molar-refractivity contribution in [2.45, 2.75) is 922 Å². The van der Waals surface area contributed by atoms with Crippen LogP contribution in [0.1, 0.15) is 916 Å². The first-order valence-electron chi connectivity index (χ1n) is 74.0. The van der Waals surface area contributed by atoms with Crippen LogP contribution in [0.3, 0.4) is 0 Å². The molecule has 0 spiro atoms. The Bertz CT molecular complexity index is 2330. The Kier molecular flexibility index (Phi) is 121. The molecule has 0 saturated heterocycles.